The van der Waals surface area contributed by atoms with Crippen LogP contribution in [0.15, 0.2) is 34.7 Å². The van der Waals surface area contributed by atoms with E-state index < -0.39 is 0 Å². The molecule has 0 atom stereocenters. The minimum atomic E-state index is -0.258. The van der Waals surface area contributed by atoms with Crippen molar-refractivity contribution < 1.29 is 14.0 Å². The van der Waals surface area contributed by atoms with E-state index in [4.69, 9.17) is 4.42 Å². The summed E-state index contributed by atoms with van der Waals surface area (Å²) in [6.45, 7) is 3.04. The average Bonchev–Trinajstić information content (AvgIpc) is 2.88. The Bertz CT molecular complexity index is 693. The Morgan fingerprint density at radius 1 is 1.21 bits per heavy atom. The topological polar surface area (TPSA) is 75.4 Å². The summed E-state index contributed by atoms with van der Waals surface area (Å²) in [5.74, 6) is 0.668. The highest BCUT2D eigenvalue weighted by Gasteiger charge is 2.16. The monoisotopic (exact) mass is 329 g/mol. The maximum atomic E-state index is 12.1. The predicted molar refractivity (Wildman–Crippen MR) is 91.6 cm³/mol. The molecular formula is C18H23N3O3. The molecule has 2 aromatic rings. The van der Waals surface area contributed by atoms with E-state index >= 15 is 0 Å². The van der Waals surface area contributed by atoms with Crippen molar-refractivity contribution in [1.29, 1.82) is 0 Å². The number of rotatable bonds is 8. The molecule has 0 unspecified atom stereocenters. The second-order valence-electron chi connectivity index (χ2n) is 5.93. The van der Waals surface area contributed by atoms with Crippen LogP contribution in [0.25, 0.3) is 11.5 Å². The Balaban J connectivity index is 1.90. The van der Waals surface area contributed by atoms with E-state index in [0.29, 0.717) is 23.9 Å². The van der Waals surface area contributed by atoms with Crippen molar-refractivity contribution in [2.75, 3.05) is 27.2 Å². The molecule has 1 N–H and O–H groups in total. The molecule has 0 spiro atoms. The lowest BCUT2D eigenvalue weighted by Crippen LogP contribution is -2.32. The number of ketones is 1. The Morgan fingerprint density at radius 2 is 1.92 bits per heavy atom. The lowest BCUT2D eigenvalue weighted by molar-refractivity contribution is -0.127. The fourth-order valence-electron chi connectivity index (χ4n) is 2.21. The van der Waals surface area contributed by atoms with Gasteiger partial charge < -0.3 is 14.6 Å². The third kappa shape index (κ3) is 5.31. The van der Waals surface area contributed by atoms with Crippen LogP contribution in [-0.2, 0) is 16.0 Å². The van der Waals surface area contributed by atoms with Gasteiger partial charge in [0.15, 0.2) is 0 Å². The zero-order valence-corrected chi connectivity index (χ0v) is 14.3. The molecule has 1 aromatic heterocycles. The van der Waals surface area contributed by atoms with E-state index in [2.05, 4.69) is 10.3 Å². The van der Waals surface area contributed by atoms with E-state index in [9.17, 15) is 9.59 Å². The quantitative estimate of drug-likeness (QED) is 0.748. The van der Waals surface area contributed by atoms with Crippen molar-refractivity contribution in [1.82, 2.24) is 15.2 Å². The second kappa shape index (κ2) is 8.40. The standard InChI is InChI=1S/C18H23N3O3/c1-13-16(20-18(24-13)14-7-5-4-6-8-14)11-15(22)12-17(23)19-9-10-21(2)3/h4-8H,9-12H2,1-3H3,(H,19,23). The molecule has 0 bridgehead atoms. The maximum absolute atomic E-state index is 12.1. The molecule has 1 aromatic carbocycles. The van der Waals surface area contributed by atoms with Crippen LogP contribution in [0.5, 0.6) is 0 Å². The highest BCUT2D eigenvalue weighted by molar-refractivity contribution is 5.98. The summed E-state index contributed by atoms with van der Waals surface area (Å²) in [4.78, 5) is 30.2. The van der Waals surface area contributed by atoms with Crippen molar-refractivity contribution in [3.05, 3.63) is 41.8 Å². The molecule has 128 valence electrons. The van der Waals surface area contributed by atoms with Crippen molar-refractivity contribution in [3.8, 4) is 11.5 Å². The molecule has 6 heteroatoms. The number of Topliss-reactive ketones (excluding diaryl/α,β-unsaturated/α-hetero) is 1. The van der Waals surface area contributed by atoms with Gasteiger partial charge in [-0.25, -0.2) is 4.98 Å². The average molecular weight is 329 g/mol. The van der Waals surface area contributed by atoms with Gasteiger partial charge in [0.25, 0.3) is 0 Å². The summed E-state index contributed by atoms with van der Waals surface area (Å²) < 4.78 is 5.63. The normalized spacial score (nSPS) is 10.8. The van der Waals surface area contributed by atoms with Gasteiger partial charge in [0.1, 0.15) is 11.5 Å². The minimum Gasteiger partial charge on any atom is -0.441 e. The molecule has 0 saturated heterocycles. The lowest BCUT2D eigenvalue weighted by Gasteiger charge is -2.09. The van der Waals surface area contributed by atoms with E-state index in [1.165, 1.54) is 0 Å². The number of oxazole rings is 1. The molecule has 0 saturated carbocycles. The number of carbonyl (C=O) groups is 2. The fourth-order valence-corrected chi connectivity index (χ4v) is 2.21. The van der Waals surface area contributed by atoms with Gasteiger partial charge >= 0.3 is 0 Å². The van der Waals surface area contributed by atoms with Crippen molar-refractivity contribution in [2.24, 2.45) is 0 Å². The summed E-state index contributed by atoms with van der Waals surface area (Å²) in [7, 11) is 3.85. The molecule has 0 radical (unpaired) electrons. The molecule has 0 fully saturated rings. The number of aryl methyl sites for hydroxylation is 1. The molecule has 1 amide bonds. The van der Waals surface area contributed by atoms with Crippen LogP contribution in [0.4, 0.5) is 0 Å². The maximum Gasteiger partial charge on any atom is 0.227 e. The highest BCUT2D eigenvalue weighted by atomic mass is 16.4. The van der Waals surface area contributed by atoms with E-state index in [-0.39, 0.29) is 24.5 Å². The summed E-state index contributed by atoms with van der Waals surface area (Å²) in [5.41, 5.74) is 1.45. The minimum absolute atomic E-state index is 0.100. The molecule has 0 aliphatic carbocycles. The van der Waals surface area contributed by atoms with Gasteiger partial charge in [0.2, 0.25) is 11.8 Å². The van der Waals surface area contributed by atoms with E-state index in [1.54, 1.807) is 6.92 Å². The number of aromatic nitrogens is 1. The second-order valence-corrected chi connectivity index (χ2v) is 5.93. The molecule has 2 rings (SSSR count). The number of nitrogens with one attached hydrogen (secondary N) is 1. The van der Waals surface area contributed by atoms with Crippen LogP contribution >= 0.6 is 0 Å². The fraction of sp³-hybridized carbons (Fsp3) is 0.389. The van der Waals surface area contributed by atoms with Crippen LogP contribution in [0.2, 0.25) is 0 Å². The van der Waals surface area contributed by atoms with Crippen molar-refractivity contribution >= 4 is 11.7 Å². The van der Waals surface area contributed by atoms with Gasteiger partial charge in [0.05, 0.1) is 18.5 Å². The largest absolute Gasteiger partial charge is 0.441 e. The number of nitrogens with zero attached hydrogens (tertiary/aromatic N) is 2. The highest BCUT2D eigenvalue weighted by Crippen LogP contribution is 2.21. The van der Waals surface area contributed by atoms with Crippen molar-refractivity contribution in [3.63, 3.8) is 0 Å². The first-order valence-corrected chi connectivity index (χ1v) is 7.90. The Morgan fingerprint density at radius 3 is 2.58 bits per heavy atom. The first kappa shape index (κ1) is 17.9. The van der Waals surface area contributed by atoms with Crippen LogP contribution in [0, 0.1) is 6.92 Å². The van der Waals surface area contributed by atoms with Gasteiger partial charge in [-0.05, 0) is 33.2 Å². The Hall–Kier alpha value is -2.47. The zero-order chi connectivity index (χ0) is 17.5. The smallest absolute Gasteiger partial charge is 0.227 e. The number of likely N-dealkylation sites (N-methyl/N-ethyl adjacent to an activating group) is 1. The molecule has 1 heterocycles. The molecule has 6 nitrogen and oxygen atoms in total. The van der Waals surface area contributed by atoms with Crippen LogP contribution < -0.4 is 5.32 Å². The third-order valence-electron chi connectivity index (χ3n) is 3.52. The molecule has 0 aliphatic heterocycles. The molecular weight excluding hydrogens is 306 g/mol. The Labute approximate surface area is 141 Å². The first-order chi connectivity index (χ1) is 11.5. The predicted octanol–water partition coefficient (Wildman–Crippen LogP) is 1.83. The van der Waals surface area contributed by atoms with E-state index in [1.807, 2.05) is 49.3 Å². The van der Waals surface area contributed by atoms with Crippen molar-refractivity contribution in [2.45, 2.75) is 19.8 Å². The number of hydrogen-bond donors (Lipinski definition) is 1. The van der Waals surface area contributed by atoms with Gasteiger partial charge in [-0.15, -0.1) is 0 Å². The number of benzene rings is 1. The van der Waals surface area contributed by atoms with Crippen LogP contribution in [-0.4, -0.2) is 48.8 Å². The SMILES string of the molecule is Cc1oc(-c2ccccc2)nc1CC(=O)CC(=O)NCCN(C)C. The van der Waals surface area contributed by atoms with E-state index in [0.717, 1.165) is 12.1 Å². The number of amides is 1. The third-order valence-corrected chi connectivity index (χ3v) is 3.52. The first-order valence-electron chi connectivity index (χ1n) is 7.90. The van der Waals surface area contributed by atoms with Gasteiger partial charge in [-0.2, -0.15) is 0 Å². The molecule has 24 heavy (non-hydrogen) atoms. The van der Waals surface area contributed by atoms with Gasteiger partial charge in [0, 0.05) is 18.7 Å². The summed E-state index contributed by atoms with van der Waals surface area (Å²) in [5, 5.41) is 2.73. The molecule has 0 aliphatic rings. The van der Waals surface area contributed by atoms with Crippen LogP contribution in [0.3, 0.4) is 0 Å². The number of carbonyl (C=O) groups excluding carboxylic acids is 2. The van der Waals surface area contributed by atoms with Crippen LogP contribution in [0.1, 0.15) is 17.9 Å². The van der Waals surface area contributed by atoms with Gasteiger partial charge in [-0.3, -0.25) is 9.59 Å². The summed E-state index contributed by atoms with van der Waals surface area (Å²) >= 11 is 0. The lowest BCUT2D eigenvalue weighted by atomic mass is 10.1. The number of hydrogen-bond acceptors (Lipinski definition) is 5. The van der Waals surface area contributed by atoms with Gasteiger partial charge in [-0.1, -0.05) is 18.2 Å². The summed E-state index contributed by atoms with van der Waals surface area (Å²) in [6, 6.07) is 9.51. The zero-order valence-electron chi connectivity index (χ0n) is 14.3. The summed E-state index contributed by atoms with van der Waals surface area (Å²) in [6.07, 6.45) is -0.0380. The Kier molecular flexibility index (Phi) is 6.26.